The summed E-state index contributed by atoms with van der Waals surface area (Å²) >= 11 is 0. The van der Waals surface area contributed by atoms with Gasteiger partial charge in [-0.25, -0.2) is 15.0 Å². The third kappa shape index (κ3) is 3.71. The van der Waals surface area contributed by atoms with Gasteiger partial charge in [0.05, 0.1) is 30.0 Å². The normalized spacial score (nSPS) is 10.8. The van der Waals surface area contributed by atoms with Crippen LogP contribution in [0.1, 0.15) is 16.8 Å². The first-order chi connectivity index (χ1) is 13.6. The summed E-state index contributed by atoms with van der Waals surface area (Å²) in [4.78, 5) is 16.0. The Kier molecular flexibility index (Phi) is 4.76. The number of anilines is 1. The lowest BCUT2D eigenvalue weighted by Gasteiger charge is -2.11. The number of phenolic OH excluding ortho intramolecular Hbond substituents is 1. The fourth-order valence-electron chi connectivity index (χ4n) is 3.12. The van der Waals surface area contributed by atoms with Gasteiger partial charge in [0.1, 0.15) is 12.1 Å². The van der Waals surface area contributed by atoms with Crippen molar-refractivity contribution in [2.45, 2.75) is 20.4 Å². The average molecular weight is 371 g/mol. The van der Waals surface area contributed by atoms with Crippen LogP contribution in [0.5, 0.6) is 5.75 Å². The minimum absolute atomic E-state index is 0.284. The van der Waals surface area contributed by atoms with Gasteiger partial charge in [-0.2, -0.15) is 0 Å². The topological polar surface area (TPSA) is 86.7 Å². The van der Waals surface area contributed by atoms with Gasteiger partial charge in [-0.15, -0.1) is 0 Å². The van der Waals surface area contributed by atoms with Crippen LogP contribution in [-0.2, 0) is 6.54 Å². The van der Waals surface area contributed by atoms with Crippen LogP contribution in [0.3, 0.4) is 0 Å². The number of nitrogens with zero attached hydrogens (tertiary/aromatic N) is 3. The van der Waals surface area contributed by atoms with Crippen LogP contribution < -0.4 is 5.32 Å². The molecule has 6 nitrogen and oxygen atoms in total. The third-order valence-corrected chi connectivity index (χ3v) is 4.70. The summed E-state index contributed by atoms with van der Waals surface area (Å²) in [5, 5.41) is 13.1. The van der Waals surface area contributed by atoms with E-state index in [1.165, 1.54) is 0 Å². The number of hydrogen-bond donors (Lipinski definition) is 3. The van der Waals surface area contributed by atoms with Crippen LogP contribution in [-0.4, -0.2) is 25.0 Å². The molecule has 0 aliphatic rings. The van der Waals surface area contributed by atoms with Gasteiger partial charge in [-0.05, 0) is 61.4 Å². The van der Waals surface area contributed by atoms with Gasteiger partial charge in [-0.1, -0.05) is 6.07 Å². The summed E-state index contributed by atoms with van der Waals surface area (Å²) < 4.78 is 0. The minimum Gasteiger partial charge on any atom is -0.508 e. The number of benzene rings is 2. The monoisotopic (exact) mass is 371 g/mol. The fourth-order valence-corrected chi connectivity index (χ4v) is 3.12. The van der Waals surface area contributed by atoms with Gasteiger partial charge >= 0.3 is 0 Å². The molecule has 3 N–H and O–H groups in total. The Morgan fingerprint density at radius 3 is 2.57 bits per heavy atom. The standard InChI is InChI=1S/C22H21N5O/c1-14-8-17(24-11-18-10-23-12-25-18)4-5-19(14)21-9-20(26-13-27-21)16-3-6-22(28)15(2)7-16/h3-10,12-13,24,28H,11H2,1-2H3,(H,23,25). The molecule has 0 spiro atoms. The lowest BCUT2D eigenvalue weighted by Crippen LogP contribution is -2.00. The van der Waals surface area contributed by atoms with Crippen molar-refractivity contribution in [3.05, 3.63) is 78.1 Å². The number of imidazole rings is 1. The highest BCUT2D eigenvalue weighted by Gasteiger charge is 2.09. The van der Waals surface area contributed by atoms with E-state index in [2.05, 4.69) is 44.3 Å². The van der Waals surface area contributed by atoms with Gasteiger partial charge in [0.2, 0.25) is 0 Å². The van der Waals surface area contributed by atoms with Gasteiger partial charge < -0.3 is 15.4 Å². The van der Waals surface area contributed by atoms with E-state index in [1.54, 1.807) is 18.7 Å². The van der Waals surface area contributed by atoms with E-state index in [-0.39, 0.29) is 5.75 Å². The number of hydrogen-bond acceptors (Lipinski definition) is 5. The minimum atomic E-state index is 0.284. The summed E-state index contributed by atoms with van der Waals surface area (Å²) in [5.41, 5.74) is 7.73. The molecule has 0 amide bonds. The predicted molar refractivity (Wildman–Crippen MR) is 110 cm³/mol. The van der Waals surface area contributed by atoms with Crippen molar-refractivity contribution in [1.29, 1.82) is 0 Å². The van der Waals surface area contributed by atoms with E-state index >= 15 is 0 Å². The number of aromatic hydroxyl groups is 1. The first kappa shape index (κ1) is 17.7. The van der Waals surface area contributed by atoms with Crippen LogP contribution in [0.4, 0.5) is 5.69 Å². The predicted octanol–water partition coefficient (Wildman–Crippen LogP) is 4.47. The SMILES string of the molecule is Cc1cc(-c2cc(-c3ccc(NCc4cnc[nH]4)cc3C)ncn2)ccc1O. The van der Waals surface area contributed by atoms with Gasteiger partial charge in [-0.3, -0.25) is 0 Å². The largest absolute Gasteiger partial charge is 0.508 e. The summed E-state index contributed by atoms with van der Waals surface area (Å²) in [5.74, 6) is 0.284. The van der Waals surface area contributed by atoms with Crippen molar-refractivity contribution in [2.75, 3.05) is 5.32 Å². The van der Waals surface area contributed by atoms with Gasteiger partial charge in [0, 0.05) is 23.0 Å². The van der Waals surface area contributed by atoms with Crippen LogP contribution in [0.15, 0.2) is 61.3 Å². The molecule has 4 rings (SSSR count). The number of nitrogens with one attached hydrogen (secondary N) is 2. The van der Waals surface area contributed by atoms with E-state index in [0.717, 1.165) is 45.0 Å². The zero-order valence-corrected chi connectivity index (χ0v) is 15.8. The number of phenols is 1. The Hall–Kier alpha value is -3.67. The molecule has 0 saturated carbocycles. The van der Waals surface area contributed by atoms with Crippen molar-refractivity contribution >= 4 is 5.69 Å². The molecule has 6 heteroatoms. The highest BCUT2D eigenvalue weighted by atomic mass is 16.3. The van der Waals surface area contributed by atoms with Gasteiger partial charge in [0.25, 0.3) is 0 Å². The second-order valence-electron chi connectivity index (χ2n) is 6.75. The fraction of sp³-hybridized carbons (Fsp3) is 0.136. The summed E-state index contributed by atoms with van der Waals surface area (Å²) in [6, 6.07) is 13.7. The highest BCUT2D eigenvalue weighted by molar-refractivity contribution is 5.72. The molecule has 2 aromatic carbocycles. The zero-order valence-electron chi connectivity index (χ0n) is 15.8. The molecule has 0 saturated heterocycles. The Morgan fingerprint density at radius 2 is 1.82 bits per heavy atom. The maximum atomic E-state index is 9.75. The Labute approximate surface area is 163 Å². The average Bonchev–Trinajstić information content (AvgIpc) is 3.22. The quantitative estimate of drug-likeness (QED) is 0.482. The van der Waals surface area contributed by atoms with Crippen molar-refractivity contribution in [1.82, 2.24) is 19.9 Å². The van der Waals surface area contributed by atoms with E-state index in [9.17, 15) is 5.11 Å². The second-order valence-corrected chi connectivity index (χ2v) is 6.75. The van der Waals surface area contributed by atoms with Gasteiger partial charge in [0.15, 0.2) is 0 Å². The molecule has 28 heavy (non-hydrogen) atoms. The van der Waals surface area contributed by atoms with Crippen LogP contribution in [0.25, 0.3) is 22.5 Å². The molecule has 0 fully saturated rings. The summed E-state index contributed by atoms with van der Waals surface area (Å²) in [6.45, 7) is 4.64. The highest BCUT2D eigenvalue weighted by Crippen LogP contribution is 2.29. The molecule has 0 radical (unpaired) electrons. The van der Waals surface area contributed by atoms with Crippen LogP contribution in [0.2, 0.25) is 0 Å². The van der Waals surface area contributed by atoms with Crippen molar-refractivity contribution in [3.8, 4) is 28.3 Å². The number of aryl methyl sites for hydroxylation is 2. The van der Waals surface area contributed by atoms with Crippen LogP contribution >= 0.6 is 0 Å². The first-order valence-corrected chi connectivity index (χ1v) is 9.04. The Morgan fingerprint density at radius 1 is 0.964 bits per heavy atom. The number of H-pyrrole nitrogens is 1. The molecule has 0 atom stereocenters. The van der Waals surface area contributed by atoms with Crippen molar-refractivity contribution in [3.63, 3.8) is 0 Å². The lowest BCUT2D eigenvalue weighted by atomic mass is 10.0. The van der Waals surface area contributed by atoms with Crippen molar-refractivity contribution < 1.29 is 5.11 Å². The number of aromatic amines is 1. The molecule has 0 unspecified atom stereocenters. The smallest absolute Gasteiger partial charge is 0.118 e. The summed E-state index contributed by atoms with van der Waals surface area (Å²) in [7, 11) is 0. The second kappa shape index (κ2) is 7.52. The zero-order chi connectivity index (χ0) is 19.5. The molecular formula is C22H21N5O. The van der Waals surface area contributed by atoms with E-state index in [0.29, 0.717) is 6.54 Å². The number of rotatable bonds is 5. The summed E-state index contributed by atoms with van der Waals surface area (Å²) in [6.07, 6.45) is 5.06. The van der Waals surface area contributed by atoms with Crippen LogP contribution in [0, 0.1) is 13.8 Å². The van der Waals surface area contributed by atoms with Crippen molar-refractivity contribution in [2.24, 2.45) is 0 Å². The molecule has 4 aromatic rings. The molecule has 2 heterocycles. The molecule has 0 aliphatic heterocycles. The first-order valence-electron chi connectivity index (χ1n) is 9.04. The third-order valence-electron chi connectivity index (χ3n) is 4.70. The number of aromatic nitrogens is 4. The molecule has 0 aliphatic carbocycles. The maximum absolute atomic E-state index is 9.75. The van der Waals surface area contributed by atoms with E-state index in [1.807, 2.05) is 37.4 Å². The molecular weight excluding hydrogens is 350 g/mol. The molecule has 2 aromatic heterocycles. The maximum Gasteiger partial charge on any atom is 0.118 e. The Bertz CT molecular complexity index is 1110. The molecule has 140 valence electrons. The lowest BCUT2D eigenvalue weighted by molar-refractivity contribution is 0.471. The van der Waals surface area contributed by atoms with E-state index in [4.69, 9.17) is 0 Å². The van der Waals surface area contributed by atoms with E-state index < -0.39 is 0 Å². The molecule has 0 bridgehead atoms. The Balaban J connectivity index is 1.59.